The Bertz CT molecular complexity index is 375. The maximum absolute atomic E-state index is 5.86. The van der Waals surface area contributed by atoms with E-state index >= 15 is 0 Å². The van der Waals surface area contributed by atoms with Crippen molar-refractivity contribution in [3.05, 3.63) is 40.6 Å². The summed E-state index contributed by atoms with van der Waals surface area (Å²) in [5.41, 5.74) is 2.97. The monoisotopic (exact) mass is 300 g/mol. The predicted molar refractivity (Wildman–Crippen MR) is 81.1 cm³/mol. The van der Waals surface area contributed by atoms with Gasteiger partial charge in [0, 0.05) is 24.8 Å². The van der Waals surface area contributed by atoms with Crippen LogP contribution in [0.15, 0.2) is 30.0 Å². The third kappa shape index (κ3) is 5.46. The number of hydrogen-bond donors (Lipinski definition) is 0. The fourth-order valence-electron chi connectivity index (χ4n) is 1.65. The second-order valence-corrected chi connectivity index (χ2v) is 6.63. The molecule has 0 aliphatic heterocycles. The molecule has 0 aliphatic carbocycles. The van der Waals surface area contributed by atoms with E-state index in [1.165, 1.54) is 0 Å². The van der Waals surface area contributed by atoms with Crippen molar-refractivity contribution in [2.24, 2.45) is 0 Å². The molecule has 0 atom stereocenters. The first kappa shape index (κ1) is 16.4. The Morgan fingerprint density at radius 2 is 1.42 bits per heavy atom. The molecule has 0 saturated heterocycles. The molecule has 3 nitrogen and oxygen atoms in total. The van der Waals surface area contributed by atoms with E-state index in [4.69, 9.17) is 24.9 Å². The third-order valence-electron chi connectivity index (χ3n) is 2.39. The highest BCUT2D eigenvalue weighted by Crippen LogP contribution is 2.16. The summed E-state index contributed by atoms with van der Waals surface area (Å²) in [5, 5.41) is 0.722. The van der Waals surface area contributed by atoms with Crippen LogP contribution in [0, 0.1) is 0 Å². The molecule has 0 aromatic heterocycles. The van der Waals surface area contributed by atoms with Crippen molar-refractivity contribution < 1.29 is 13.3 Å². The summed E-state index contributed by atoms with van der Waals surface area (Å²) in [5.74, 6) is 0. The third-order valence-corrected chi connectivity index (χ3v) is 5.29. The fourth-order valence-corrected chi connectivity index (χ4v) is 3.91. The van der Waals surface area contributed by atoms with E-state index in [2.05, 4.69) is 0 Å². The molecule has 0 N–H and O–H groups in total. The molecule has 0 spiro atoms. The van der Waals surface area contributed by atoms with Crippen molar-refractivity contribution in [3.63, 3.8) is 0 Å². The molecule has 0 bridgehead atoms. The van der Waals surface area contributed by atoms with Gasteiger partial charge in [-0.3, -0.25) is 0 Å². The Morgan fingerprint density at radius 3 is 1.84 bits per heavy atom. The Morgan fingerprint density at radius 1 is 0.947 bits per heavy atom. The minimum Gasteiger partial charge on any atom is -0.371 e. The van der Waals surface area contributed by atoms with Gasteiger partial charge in [0.05, 0.1) is 0 Å². The highest BCUT2D eigenvalue weighted by Gasteiger charge is 2.37. The van der Waals surface area contributed by atoms with Crippen LogP contribution >= 0.6 is 11.6 Å². The quantitative estimate of drug-likeness (QED) is 0.681. The lowest BCUT2D eigenvalue weighted by molar-refractivity contribution is 0.0845. The summed E-state index contributed by atoms with van der Waals surface area (Å²) < 4.78 is 17.2. The molecule has 0 heterocycles. The van der Waals surface area contributed by atoms with Crippen LogP contribution in [0.1, 0.15) is 26.3 Å². The van der Waals surface area contributed by atoms with Gasteiger partial charge in [0.2, 0.25) is 0 Å². The lowest BCUT2D eigenvalue weighted by Gasteiger charge is -2.25. The number of rotatable bonds is 8. The average molecular weight is 301 g/mol. The zero-order valence-electron chi connectivity index (χ0n) is 11.7. The van der Waals surface area contributed by atoms with E-state index in [0.29, 0.717) is 19.8 Å². The van der Waals surface area contributed by atoms with Crippen LogP contribution in [0.2, 0.25) is 5.02 Å². The summed E-state index contributed by atoms with van der Waals surface area (Å²) in [4.78, 5) is 0. The summed E-state index contributed by atoms with van der Waals surface area (Å²) in [6.45, 7) is 7.52. The van der Waals surface area contributed by atoms with Crippen LogP contribution in [0.25, 0.3) is 6.08 Å². The molecule has 1 rings (SSSR count). The van der Waals surface area contributed by atoms with Crippen LogP contribution in [0.4, 0.5) is 0 Å². The second kappa shape index (κ2) is 8.50. The Balaban J connectivity index is 2.87. The van der Waals surface area contributed by atoms with E-state index in [-0.39, 0.29) is 0 Å². The topological polar surface area (TPSA) is 27.7 Å². The molecule has 1 aromatic rings. The lowest BCUT2D eigenvalue weighted by Crippen LogP contribution is -2.44. The molecular weight excluding hydrogens is 280 g/mol. The zero-order chi connectivity index (χ0) is 14.1. The van der Waals surface area contributed by atoms with Crippen LogP contribution in [0.5, 0.6) is 0 Å². The largest absolute Gasteiger partial charge is 0.529 e. The molecule has 5 heteroatoms. The minimum atomic E-state index is -2.71. The maximum Gasteiger partial charge on any atom is 0.529 e. The second-order valence-electron chi connectivity index (χ2n) is 3.79. The molecule has 0 saturated carbocycles. The Hall–Kier alpha value is -0.653. The summed E-state index contributed by atoms with van der Waals surface area (Å²) in [6, 6.07) is 7.60. The van der Waals surface area contributed by atoms with Crippen LogP contribution < -0.4 is 0 Å². The predicted octanol–water partition coefficient (Wildman–Crippen LogP) is 3.94. The van der Waals surface area contributed by atoms with Gasteiger partial charge in [-0.1, -0.05) is 29.8 Å². The fraction of sp³-hybridized carbons (Fsp3) is 0.429. The SMILES string of the molecule is CCO[Si](/C=C/c1ccc(Cl)cc1)(OCC)OCC. The number of hydrogen-bond acceptors (Lipinski definition) is 3. The van der Waals surface area contributed by atoms with Crippen molar-refractivity contribution in [1.29, 1.82) is 0 Å². The summed E-state index contributed by atoms with van der Waals surface area (Å²) in [7, 11) is -2.71. The van der Waals surface area contributed by atoms with Crippen molar-refractivity contribution in [3.8, 4) is 0 Å². The van der Waals surface area contributed by atoms with Crippen molar-refractivity contribution >= 4 is 26.5 Å². The van der Waals surface area contributed by atoms with Crippen LogP contribution in [-0.4, -0.2) is 28.6 Å². The van der Waals surface area contributed by atoms with Gasteiger partial charge in [-0.2, -0.15) is 0 Å². The minimum absolute atomic E-state index is 0.567. The van der Waals surface area contributed by atoms with E-state index in [0.717, 1.165) is 10.6 Å². The van der Waals surface area contributed by atoms with Crippen LogP contribution in [0.3, 0.4) is 0 Å². The highest BCUT2D eigenvalue weighted by atomic mass is 35.5. The van der Waals surface area contributed by atoms with Crippen molar-refractivity contribution in [1.82, 2.24) is 0 Å². The first-order valence-electron chi connectivity index (χ1n) is 6.52. The first-order valence-corrected chi connectivity index (χ1v) is 8.70. The summed E-state index contributed by atoms with van der Waals surface area (Å²) >= 11 is 5.86. The van der Waals surface area contributed by atoms with Gasteiger partial charge in [-0.05, 0) is 44.2 Å². The Kier molecular flexibility index (Phi) is 7.34. The van der Waals surface area contributed by atoms with Gasteiger partial charge in [0.25, 0.3) is 0 Å². The lowest BCUT2D eigenvalue weighted by atomic mass is 10.2. The summed E-state index contributed by atoms with van der Waals surface area (Å²) in [6.07, 6.45) is 1.96. The van der Waals surface area contributed by atoms with Crippen LogP contribution in [-0.2, 0) is 13.3 Å². The molecule has 1 aromatic carbocycles. The maximum atomic E-state index is 5.86. The van der Waals surface area contributed by atoms with Gasteiger partial charge in [0.1, 0.15) is 0 Å². The Labute approximate surface area is 121 Å². The van der Waals surface area contributed by atoms with Gasteiger partial charge >= 0.3 is 8.80 Å². The zero-order valence-corrected chi connectivity index (χ0v) is 13.4. The molecule has 19 heavy (non-hydrogen) atoms. The molecule has 0 amide bonds. The van der Waals surface area contributed by atoms with E-state index in [1.807, 2.05) is 56.8 Å². The van der Waals surface area contributed by atoms with Crippen molar-refractivity contribution in [2.75, 3.05) is 19.8 Å². The van der Waals surface area contributed by atoms with E-state index < -0.39 is 8.80 Å². The smallest absolute Gasteiger partial charge is 0.371 e. The molecular formula is C14H21ClO3Si. The molecule has 106 valence electrons. The molecule has 0 radical (unpaired) electrons. The first-order chi connectivity index (χ1) is 9.15. The van der Waals surface area contributed by atoms with Gasteiger partial charge in [0.15, 0.2) is 0 Å². The molecule has 0 unspecified atom stereocenters. The van der Waals surface area contributed by atoms with Gasteiger partial charge < -0.3 is 13.3 Å². The molecule has 0 aliphatic rings. The van der Waals surface area contributed by atoms with Gasteiger partial charge in [-0.15, -0.1) is 0 Å². The normalized spacial score (nSPS) is 12.2. The van der Waals surface area contributed by atoms with Gasteiger partial charge in [-0.25, -0.2) is 0 Å². The highest BCUT2D eigenvalue weighted by molar-refractivity contribution is 6.67. The van der Waals surface area contributed by atoms with E-state index in [9.17, 15) is 0 Å². The molecule has 0 fully saturated rings. The standard InChI is InChI=1S/C14H21ClO3Si/c1-4-16-19(17-5-2,18-6-3)12-11-13-7-9-14(15)10-8-13/h7-12H,4-6H2,1-3H3/b12-11+. The van der Waals surface area contributed by atoms with Crippen molar-refractivity contribution in [2.45, 2.75) is 20.8 Å². The number of benzene rings is 1. The number of halogens is 1. The van der Waals surface area contributed by atoms with E-state index in [1.54, 1.807) is 0 Å². The average Bonchev–Trinajstić information content (AvgIpc) is 2.39.